The molecule has 0 radical (unpaired) electrons. The zero-order valence-electron chi connectivity index (χ0n) is 12.0. The molecule has 0 amide bonds. The zero-order chi connectivity index (χ0) is 14.6. The Labute approximate surface area is 121 Å². The molecule has 4 nitrogen and oxygen atoms in total. The van der Waals surface area contributed by atoms with Crippen molar-refractivity contribution in [2.45, 2.75) is 56.6 Å². The number of benzene rings is 1. The third-order valence-corrected chi connectivity index (χ3v) is 4.77. The second-order valence-electron chi connectivity index (χ2n) is 5.26. The van der Waals surface area contributed by atoms with Crippen LogP contribution < -0.4 is 0 Å². The van der Waals surface area contributed by atoms with Crippen molar-refractivity contribution in [3.05, 3.63) is 29.8 Å². The van der Waals surface area contributed by atoms with Gasteiger partial charge in [0, 0.05) is 0 Å². The van der Waals surface area contributed by atoms with Crippen LogP contribution in [0.3, 0.4) is 0 Å². The summed E-state index contributed by atoms with van der Waals surface area (Å²) in [4.78, 5) is 0.200. The van der Waals surface area contributed by atoms with E-state index in [0.717, 1.165) is 18.4 Å². The summed E-state index contributed by atoms with van der Waals surface area (Å²) >= 11 is 0. The minimum atomic E-state index is -3.66. The summed E-state index contributed by atoms with van der Waals surface area (Å²) in [5.41, 5.74) is 1.02. The van der Waals surface area contributed by atoms with Crippen molar-refractivity contribution >= 4 is 10.1 Å². The van der Waals surface area contributed by atoms with E-state index in [1.165, 1.54) is 12.8 Å². The molecule has 2 rings (SSSR count). The first-order valence-electron chi connectivity index (χ1n) is 7.14. The molecule has 0 bridgehead atoms. The molecule has 5 heteroatoms. The molecule has 2 unspecified atom stereocenters. The lowest BCUT2D eigenvalue weighted by Gasteiger charge is -2.04. The second-order valence-corrected chi connectivity index (χ2v) is 6.88. The van der Waals surface area contributed by atoms with E-state index < -0.39 is 10.1 Å². The van der Waals surface area contributed by atoms with Gasteiger partial charge in [-0.3, -0.25) is 4.18 Å². The molecule has 0 aliphatic carbocycles. The van der Waals surface area contributed by atoms with Gasteiger partial charge in [-0.15, -0.1) is 0 Å². The standard InChI is InChI=1S/C15H22O4S/c1-3-4-5-6-14-15(19-14)11-18-20(16,17)13-9-7-12(2)8-10-13/h7-10,14-15H,3-6,11H2,1-2H3. The summed E-state index contributed by atoms with van der Waals surface area (Å²) in [6.07, 6.45) is 4.60. The normalized spacial score (nSPS) is 21.9. The summed E-state index contributed by atoms with van der Waals surface area (Å²) in [7, 11) is -3.66. The first-order chi connectivity index (χ1) is 9.53. The van der Waals surface area contributed by atoms with Gasteiger partial charge >= 0.3 is 0 Å². The summed E-state index contributed by atoms with van der Waals surface area (Å²) in [5, 5.41) is 0. The van der Waals surface area contributed by atoms with E-state index in [1.54, 1.807) is 24.3 Å². The molecule has 112 valence electrons. The second kappa shape index (κ2) is 6.70. The van der Waals surface area contributed by atoms with Gasteiger partial charge in [-0.2, -0.15) is 8.42 Å². The van der Waals surface area contributed by atoms with Crippen molar-refractivity contribution < 1.29 is 17.3 Å². The Balaban J connectivity index is 1.78. The summed E-state index contributed by atoms with van der Waals surface area (Å²) < 4.78 is 34.4. The van der Waals surface area contributed by atoms with Gasteiger partial charge in [0.25, 0.3) is 10.1 Å². The number of unbranched alkanes of at least 4 members (excludes halogenated alkanes) is 2. The fraction of sp³-hybridized carbons (Fsp3) is 0.600. The summed E-state index contributed by atoms with van der Waals surface area (Å²) in [6, 6.07) is 6.66. The van der Waals surface area contributed by atoms with Crippen LogP contribution in [0.15, 0.2) is 29.2 Å². The maximum atomic E-state index is 12.0. The smallest absolute Gasteiger partial charge is 0.297 e. The maximum absolute atomic E-state index is 12.0. The van der Waals surface area contributed by atoms with Crippen LogP contribution in [-0.2, 0) is 19.0 Å². The number of ether oxygens (including phenoxy) is 1. The van der Waals surface area contributed by atoms with Crippen molar-refractivity contribution in [2.24, 2.45) is 0 Å². The predicted molar refractivity (Wildman–Crippen MR) is 77.1 cm³/mol. The molecule has 1 aliphatic heterocycles. The van der Waals surface area contributed by atoms with Gasteiger partial charge < -0.3 is 4.74 Å². The molecule has 0 N–H and O–H groups in total. The Bertz CT molecular complexity index is 521. The lowest BCUT2D eigenvalue weighted by molar-refractivity contribution is 0.262. The largest absolute Gasteiger partial charge is 0.367 e. The molecule has 1 aromatic carbocycles. The highest BCUT2D eigenvalue weighted by Crippen LogP contribution is 2.28. The van der Waals surface area contributed by atoms with Crippen LogP contribution in [0.2, 0.25) is 0 Å². The van der Waals surface area contributed by atoms with E-state index in [-0.39, 0.29) is 23.7 Å². The first-order valence-corrected chi connectivity index (χ1v) is 8.55. The van der Waals surface area contributed by atoms with E-state index in [1.807, 2.05) is 6.92 Å². The predicted octanol–water partition coefficient (Wildman–Crippen LogP) is 3.05. The van der Waals surface area contributed by atoms with Crippen LogP contribution in [-0.4, -0.2) is 27.2 Å². The Hall–Kier alpha value is -0.910. The van der Waals surface area contributed by atoms with Crippen LogP contribution in [0.4, 0.5) is 0 Å². The number of hydrogen-bond acceptors (Lipinski definition) is 4. The molecular formula is C15H22O4S. The third kappa shape index (κ3) is 4.30. The van der Waals surface area contributed by atoms with E-state index in [9.17, 15) is 8.42 Å². The molecule has 0 aromatic heterocycles. The zero-order valence-corrected chi connectivity index (χ0v) is 12.9. The van der Waals surface area contributed by atoms with Gasteiger partial charge in [0.05, 0.1) is 17.6 Å². The van der Waals surface area contributed by atoms with Gasteiger partial charge in [0.2, 0.25) is 0 Å². The average Bonchev–Trinajstić information content (AvgIpc) is 3.16. The molecule has 2 atom stereocenters. The van der Waals surface area contributed by atoms with Crippen LogP contribution in [0, 0.1) is 6.92 Å². The minimum absolute atomic E-state index is 0.0629. The molecule has 1 aliphatic rings. The molecule has 0 spiro atoms. The monoisotopic (exact) mass is 298 g/mol. The van der Waals surface area contributed by atoms with Crippen molar-refractivity contribution in [2.75, 3.05) is 6.61 Å². The fourth-order valence-electron chi connectivity index (χ4n) is 2.10. The van der Waals surface area contributed by atoms with E-state index in [4.69, 9.17) is 8.92 Å². The van der Waals surface area contributed by atoms with E-state index >= 15 is 0 Å². The van der Waals surface area contributed by atoms with Crippen molar-refractivity contribution in [1.29, 1.82) is 0 Å². The first kappa shape index (κ1) is 15.5. The highest BCUT2D eigenvalue weighted by molar-refractivity contribution is 7.86. The van der Waals surface area contributed by atoms with Crippen molar-refractivity contribution in [3.8, 4) is 0 Å². The van der Waals surface area contributed by atoms with Gasteiger partial charge in [-0.1, -0.05) is 43.9 Å². The van der Waals surface area contributed by atoms with Crippen LogP contribution >= 0.6 is 0 Å². The molecule has 1 fully saturated rings. The molecular weight excluding hydrogens is 276 g/mol. The molecule has 1 saturated heterocycles. The molecule has 0 saturated carbocycles. The Morgan fingerprint density at radius 3 is 2.50 bits per heavy atom. The van der Waals surface area contributed by atoms with Crippen LogP contribution in [0.5, 0.6) is 0 Å². The number of aryl methyl sites for hydroxylation is 1. The maximum Gasteiger partial charge on any atom is 0.297 e. The Morgan fingerprint density at radius 1 is 1.15 bits per heavy atom. The molecule has 1 heterocycles. The topological polar surface area (TPSA) is 55.9 Å². The SMILES string of the molecule is CCCCCC1OC1COS(=O)(=O)c1ccc(C)cc1. The fourth-order valence-corrected chi connectivity index (χ4v) is 3.02. The number of rotatable bonds is 8. The van der Waals surface area contributed by atoms with Crippen LogP contribution in [0.1, 0.15) is 38.2 Å². The van der Waals surface area contributed by atoms with Crippen LogP contribution in [0.25, 0.3) is 0 Å². The summed E-state index contributed by atoms with van der Waals surface area (Å²) in [5.74, 6) is 0. The number of hydrogen-bond donors (Lipinski definition) is 0. The highest BCUT2D eigenvalue weighted by Gasteiger charge is 2.39. The summed E-state index contributed by atoms with van der Waals surface area (Å²) in [6.45, 7) is 4.19. The number of epoxide rings is 1. The van der Waals surface area contributed by atoms with Gasteiger partial charge in [-0.05, 0) is 25.5 Å². The average molecular weight is 298 g/mol. The Kier molecular flexibility index (Phi) is 5.18. The molecule has 1 aromatic rings. The van der Waals surface area contributed by atoms with Gasteiger partial charge in [0.1, 0.15) is 6.10 Å². The Morgan fingerprint density at radius 2 is 1.85 bits per heavy atom. The van der Waals surface area contributed by atoms with Crippen molar-refractivity contribution in [3.63, 3.8) is 0 Å². The lowest BCUT2D eigenvalue weighted by Crippen LogP contribution is -2.12. The quantitative estimate of drug-likeness (QED) is 0.420. The van der Waals surface area contributed by atoms with E-state index in [0.29, 0.717) is 0 Å². The third-order valence-electron chi connectivity index (χ3n) is 3.48. The minimum Gasteiger partial charge on any atom is -0.367 e. The molecule has 20 heavy (non-hydrogen) atoms. The van der Waals surface area contributed by atoms with Gasteiger partial charge in [-0.25, -0.2) is 0 Å². The van der Waals surface area contributed by atoms with Crippen molar-refractivity contribution in [1.82, 2.24) is 0 Å². The lowest BCUT2D eigenvalue weighted by atomic mass is 10.1. The highest BCUT2D eigenvalue weighted by atomic mass is 32.2. The van der Waals surface area contributed by atoms with Gasteiger partial charge in [0.15, 0.2) is 0 Å². The van der Waals surface area contributed by atoms with E-state index in [2.05, 4.69) is 6.92 Å².